The Hall–Kier alpha value is -2.51. The molecule has 0 amide bonds. The molecule has 0 aliphatic heterocycles. The van der Waals surface area contributed by atoms with Crippen LogP contribution in [0.2, 0.25) is 5.02 Å². The average molecular weight is 454 g/mol. The first-order valence-corrected chi connectivity index (χ1v) is 8.97. The zero-order valence-corrected chi connectivity index (χ0v) is 16.5. The van der Waals surface area contributed by atoms with E-state index in [0.717, 1.165) is 0 Å². The zero-order chi connectivity index (χ0) is 19.4. The van der Waals surface area contributed by atoms with Crippen LogP contribution in [-0.2, 0) is 16.1 Å². The van der Waals surface area contributed by atoms with E-state index in [4.69, 9.17) is 30.2 Å². The Morgan fingerprint density at radius 2 is 2.00 bits per heavy atom. The standard InChI is InChI=1S/C19H14BrClO6/c1-24-13-3-4-14-11(6-18(22)27-17(14)8-13)9-26-19(23)10-25-16-5-2-12(21)7-15(16)20/h2-8H,9-10H2,1H3. The highest BCUT2D eigenvalue weighted by Crippen LogP contribution is 2.28. The quantitative estimate of drug-likeness (QED) is 0.408. The molecule has 140 valence electrons. The predicted molar refractivity (Wildman–Crippen MR) is 103 cm³/mol. The van der Waals surface area contributed by atoms with Crippen LogP contribution < -0.4 is 15.1 Å². The van der Waals surface area contributed by atoms with E-state index in [1.165, 1.54) is 13.2 Å². The van der Waals surface area contributed by atoms with Crippen LogP contribution in [0.4, 0.5) is 0 Å². The first kappa shape index (κ1) is 19.3. The van der Waals surface area contributed by atoms with Crippen molar-refractivity contribution in [2.24, 2.45) is 0 Å². The Morgan fingerprint density at radius 3 is 2.74 bits per heavy atom. The molecule has 27 heavy (non-hydrogen) atoms. The van der Waals surface area contributed by atoms with Gasteiger partial charge in [0.25, 0.3) is 0 Å². The molecule has 1 aromatic heterocycles. The van der Waals surface area contributed by atoms with Crippen LogP contribution >= 0.6 is 27.5 Å². The molecule has 0 saturated heterocycles. The van der Waals surface area contributed by atoms with Gasteiger partial charge in [0.05, 0.1) is 11.6 Å². The number of hydrogen-bond donors (Lipinski definition) is 0. The average Bonchev–Trinajstić information content (AvgIpc) is 2.64. The summed E-state index contributed by atoms with van der Waals surface area (Å²) in [7, 11) is 1.52. The molecule has 0 spiro atoms. The number of halogens is 2. The van der Waals surface area contributed by atoms with Gasteiger partial charge in [-0.15, -0.1) is 0 Å². The SMILES string of the molecule is COc1ccc2c(COC(=O)COc3ccc(Cl)cc3Br)cc(=O)oc2c1. The molecule has 0 atom stereocenters. The molecular formula is C19H14BrClO6. The van der Waals surface area contributed by atoms with Crippen molar-refractivity contribution in [2.75, 3.05) is 13.7 Å². The van der Waals surface area contributed by atoms with E-state index >= 15 is 0 Å². The number of fused-ring (bicyclic) bond motifs is 1. The molecule has 0 unspecified atom stereocenters. The number of rotatable bonds is 6. The zero-order valence-electron chi connectivity index (χ0n) is 14.2. The van der Waals surface area contributed by atoms with Gasteiger partial charge in [-0.05, 0) is 46.3 Å². The summed E-state index contributed by atoms with van der Waals surface area (Å²) in [4.78, 5) is 23.7. The highest BCUT2D eigenvalue weighted by atomic mass is 79.9. The molecule has 0 saturated carbocycles. The first-order chi connectivity index (χ1) is 13.0. The fraction of sp³-hybridized carbons (Fsp3) is 0.158. The van der Waals surface area contributed by atoms with Gasteiger partial charge in [-0.3, -0.25) is 0 Å². The minimum Gasteiger partial charge on any atom is -0.497 e. The van der Waals surface area contributed by atoms with Crippen LogP contribution in [0.1, 0.15) is 5.56 Å². The molecule has 0 fully saturated rings. The first-order valence-electron chi connectivity index (χ1n) is 7.80. The molecule has 8 heteroatoms. The summed E-state index contributed by atoms with van der Waals surface area (Å²) < 4.78 is 21.5. The van der Waals surface area contributed by atoms with Gasteiger partial charge in [0, 0.05) is 28.1 Å². The third-order valence-electron chi connectivity index (χ3n) is 3.67. The van der Waals surface area contributed by atoms with Crippen molar-refractivity contribution >= 4 is 44.5 Å². The summed E-state index contributed by atoms with van der Waals surface area (Å²) in [6.07, 6.45) is 0. The van der Waals surface area contributed by atoms with Gasteiger partial charge in [0.1, 0.15) is 23.7 Å². The minimum absolute atomic E-state index is 0.0849. The highest BCUT2D eigenvalue weighted by molar-refractivity contribution is 9.10. The molecule has 0 N–H and O–H groups in total. The monoisotopic (exact) mass is 452 g/mol. The maximum absolute atomic E-state index is 12.0. The largest absolute Gasteiger partial charge is 0.497 e. The molecule has 0 radical (unpaired) electrons. The summed E-state index contributed by atoms with van der Waals surface area (Å²) in [5.74, 6) is 0.447. The van der Waals surface area contributed by atoms with Gasteiger partial charge in [-0.1, -0.05) is 11.6 Å². The van der Waals surface area contributed by atoms with E-state index in [9.17, 15) is 9.59 Å². The topological polar surface area (TPSA) is 75.0 Å². The number of hydrogen-bond acceptors (Lipinski definition) is 6. The van der Waals surface area contributed by atoms with E-state index in [0.29, 0.717) is 37.5 Å². The van der Waals surface area contributed by atoms with Crippen molar-refractivity contribution in [3.63, 3.8) is 0 Å². The van der Waals surface area contributed by atoms with Crippen molar-refractivity contribution in [3.8, 4) is 11.5 Å². The van der Waals surface area contributed by atoms with E-state index in [1.54, 1.807) is 36.4 Å². The van der Waals surface area contributed by atoms with Crippen LogP contribution in [0.3, 0.4) is 0 Å². The van der Waals surface area contributed by atoms with E-state index in [-0.39, 0.29) is 13.2 Å². The lowest BCUT2D eigenvalue weighted by Gasteiger charge is -2.10. The molecule has 1 heterocycles. The maximum atomic E-state index is 12.0. The van der Waals surface area contributed by atoms with E-state index in [2.05, 4.69) is 15.9 Å². The number of carbonyl (C=O) groups is 1. The second-order valence-electron chi connectivity index (χ2n) is 5.48. The lowest BCUT2D eigenvalue weighted by Crippen LogP contribution is -2.15. The van der Waals surface area contributed by atoms with Crippen molar-refractivity contribution in [1.82, 2.24) is 0 Å². The van der Waals surface area contributed by atoms with E-state index in [1.807, 2.05) is 0 Å². The Balaban J connectivity index is 1.67. The summed E-state index contributed by atoms with van der Waals surface area (Å²) >= 11 is 9.16. The lowest BCUT2D eigenvalue weighted by atomic mass is 10.1. The smallest absolute Gasteiger partial charge is 0.344 e. The Bertz CT molecular complexity index is 1050. The van der Waals surface area contributed by atoms with Crippen LogP contribution in [0.15, 0.2) is 56.1 Å². The molecule has 0 aliphatic rings. The van der Waals surface area contributed by atoms with Crippen LogP contribution in [-0.4, -0.2) is 19.7 Å². The van der Waals surface area contributed by atoms with Gasteiger partial charge < -0.3 is 18.6 Å². The third kappa shape index (κ3) is 4.81. The minimum atomic E-state index is -0.577. The molecule has 6 nitrogen and oxygen atoms in total. The highest BCUT2D eigenvalue weighted by Gasteiger charge is 2.11. The second-order valence-corrected chi connectivity index (χ2v) is 6.77. The number of benzene rings is 2. The second kappa shape index (κ2) is 8.45. The normalized spacial score (nSPS) is 10.6. The van der Waals surface area contributed by atoms with E-state index < -0.39 is 11.6 Å². The van der Waals surface area contributed by atoms with Gasteiger partial charge >= 0.3 is 11.6 Å². The summed E-state index contributed by atoms with van der Waals surface area (Å²) in [6, 6.07) is 11.3. The molecule has 2 aromatic carbocycles. The van der Waals surface area contributed by atoms with Crippen molar-refractivity contribution < 1.29 is 23.4 Å². The number of carbonyl (C=O) groups excluding carboxylic acids is 1. The molecule has 3 rings (SSSR count). The number of ether oxygens (including phenoxy) is 3. The number of esters is 1. The summed E-state index contributed by atoms with van der Waals surface area (Å²) in [6.45, 7) is -0.369. The van der Waals surface area contributed by atoms with Crippen LogP contribution in [0.5, 0.6) is 11.5 Å². The van der Waals surface area contributed by atoms with Crippen molar-refractivity contribution in [1.29, 1.82) is 0 Å². The van der Waals surface area contributed by atoms with Gasteiger partial charge in [-0.25, -0.2) is 9.59 Å². The fourth-order valence-corrected chi connectivity index (χ4v) is 3.18. The van der Waals surface area contributed by atoms with Crippen LogP contribution in [0, 0.1) is 0 Å². The predicted octanol–water partition coefficient (Wildman–Crippen LogP) is 4.34. The Kier molecular flexibility index (Phi) is 6.03. The number of methoxy groups -OCH3 is 1. The summed E-state index contributed by atoms with van der Waals surface area (Å²) in [5.41, 5.74) is 0.349. The maximum Gasteiger partial charge on any atom is 0.344 e. The van der Waals surface area contributed by atoms with Gasteiger partial charge in [0.15, 0.2) is 6.61 Å². The van der Waals surface area contributed by atoms with Gasteiger partial charge in [-0.2, -0.15) is 0 Å². The molecular weight excluding hydrogens is 440 g/mol. The van der Waals surface area contributed by atoms with Gasteiger partial charge in [0.2, 0.25) is 0 Å². The molecule has 3 aromatic rings. The molecule has 0 aliphatic carbocycles. The van der Waals surface area contributed by atoms with Crippen molar-refractivity contribution in [2.45, 2.75) is 6.61 Å². The Labute approximate surface area is 167 Å². The van der Waals surface area contributed by atoms with Crippen LogP contribution in [0.25, 0.3) is 11.0 Å². The summed E-state index contributed by atoms with van der Waals surface area (Å²) in [5, 5.41) is 1.20. The Morgan fingerprint density at radius 1 is 1.19 bits per heavy atom. The lowest BCUT2D eigenvalue weighted by molar-refractivity contribution is -0.147. The fourth-order valence-electron chi connectivity index (χ4n) is 2.39. The van der Waals surface area contributed by atoms with Crippen molar-refractivity contribution in [3.05, 3.63) is 67.9 Å². The third-order valence-corrected chi connectivity index (χ3v) is 4.52. The molecule has 0 bridgehead atoms.